The van der Waals surface area contributed by atoms with Crippen molar-refractivity contribution in [3.63, 3.8) is 0 Å². The Morgan fingerprint density at radius 3 is 1.55 bits per heavy atom. The lowest BCUT2D eigenvalue weighted by molar-refractivity contribution is -0.143. The lowest BCUT2D eigenvalue weighted by Crippen LogP contribution is -2.19. The number of aliphatic carboxylic acids is 1. The Hall–Kier alpha value is -0.530. The molecule has 1 atom stereocenters. The average Bonchev–Trinajstić information content (AvgIpc) is 2.39. The van der Waals surface area contributed by atoms with Crippen molar-refractivity contribution in [1.29, 1.82) is 0 Å². The number of hydrogen-bond acceptors (Lipinski definition) is 1. The molecule has 0 aliphatic rings. The van der Waals surface area contributed by atoms with Gasteiger partial charge in [-0.15, -0.1) is 0 Å². The maximum Gasteiger partial charge on any atom is 0.306 e. The summed E-state index contributed by atoms with van der Waals surface area (Å²) in [7, 11) is 0. The molecular formula is C18H36O2. The largest absolute Gasteiger partial charge is 0.481 e. The lowest BCUT2D eigenvalue weighted by atomic mass is 9.90. The normalized spacial score (nSPS) is 12.8. The molecule has 0 rings (SSSR count). The number of rotatable bonds is 14. The first-order chi connectivity index (χ1) is 9.59. The van der Waals surface area contributed by atoms with Gasteiger partial charge in [-0.25, -0.2) is 0 Å². The van der Waals surface area contributed by atoms with Crippen LogP contribution in [0.1, 0.15) is 97.8 Å². The average molecular weight is 284 g/mol. The molecule has 0 aromatic rings. The van der Waals surface area contributed by atoms with Gasteiger partial charge < -0.3 is 5.11 Å². The van der Waals surface area contributed by atoms with Crippen LogP contribution in [0.3, 0.4) is 0 Å². The second-order valence-corrected chi connectivity index (χ2v) is 6.51. The summed E-state index contributed by atoms with van der Waals surface area (Å²) in [5, 5.41) is 9.11. The van der Waals surface area contributed by atoms with Gasteiger partial charge in [-0.2, -0.15) is 0 Å². The molecule has 0 spiro atoms. The van der Waals surface area contributed by atoms with Crippen molar-refractivity contribution in [2.24, 2.45) is 11.8 Å². The van der Waals surface area contributed by atoms with Crippen LogP contribution in [-0.2, 0) is 4.79 Å². The fraction of sp³-hybridized carbons (Fsp3) is 0.944. The number of carbonyl (C=O) groups is 1. The quantitative estimate of drug-likeness (QED) is 0.394. The maximum absolute atomic E-state index is 11.1. The van der Waals surface area contributed by atoms with E-state index in [0.29, 0.717) is 0 Å². The summed E-state index contributed by atoms with van der Waals surface area (Å²) in [5.74, 6) is -0.503. The highest BCUT2D eigenvalue weighted by Gasteiger charge is 2.20. The highest BCUT2D eigenvalue weighted by atomic mass is 16.4. The van der Waals surface area contributed by atoms with Gasteiger partial charge in [-0.1, -0.05) is 91.4 Å². The zero-order valence-electron chi connectivity index (χ0n) is 14.0. The van der Waals surface area contributed by atoms with Gasteiger partial charge in [0.2, 0.25) is 0 Å². The van der Waals surface area contributed by atoms with E-state index in [9.17, 15) is 4.79 Å². The van der Waals surface area contributed by atoms with E-state index in [-0.39, 0.29) is 11.8 Å². The first-order valence-electron chi connectivity index (χ1n) is 8.82. The highest BCUT2D eigenvalue weighted by Crippen LogP contribution is 2.20. The van der Waals surface area contributed by atoms with Gasteiger partial charge in [0.1, 0.15) is 0 Å². The van der Waals surface area contributed by atoms with Crippen molar-refractivity contribution >= 4 is 5.97 Å². The Kier molecular flexibility index (Phi) is 13.1. The van der Waals surface area contributed by atoms with Crippen LogP contribution in [-0.4, -0.2) is 11.1 Å². The molecular weight excluding hydrogens is 248 g/mol. The highest BCUT2D eigenvalue weighted by molar-refractivity contribution is 5.70. The van der Waals surface area contributed by atoms with Crippen molar-refractivity contribution in [2.45, 2.75) is 97.8 Å². The molecule has 0 radical (unpaired) electrons. The number of carboxylic acids is 1. The molecule has 0 aromatic carbocycles. The van der Waals surface area contributed by atoms with E-state index < -0.39 is 5.97 Å². The summed E-state index contributed by atoms with van der Waals surface area (Å²) >= 11 is 0. The van der Waals surface area contributed by atoms with E-state index in [2.05, 4.69) is 6.92 Å². The van der Waals surface area contributed by atoms with Crippen LogP contribution in [0.2, 0.25) is 0 Å². The fourth-order valence-corrected chi connectivity index (χ4v) is 2.77. The maximum atomic E-state index is 11.1. The molecule has 1 unspecified atom stereocenters. The van der Waals surface area contributed by atoms with Crippen LogP contribution in [0.25, 0.3) is 0 Å². The summed E-state index contributed by atoms with van der Waals surface area (Å²) in [6.07, 6.45) is 15.4. The molecule has 0 amide bonds. The minimum absolute atomic E-state index is 0.145. The predicted molar refractivity (Wildman–Crippen MR) is 87.0 cm³/mol. The SMILES string of the molecule is CCCCCCCCCCCCCC(C(=O)O)C(C)C. The van der Waals surface area contributed by atoms with Crippen molar-refractivity contribution < 1.29 is 9.90 Å². The number of unbranched alkanes of at least 4 members (excludes halogenated alkanes) is 10. The minimum atomic E-state index is -0.618. The first kappa shape index (κ1) is 19.5. The van der Waals surface area contributed by atoms with E-state index in [1.165, 1.54) is 64.2 Å². The monoisotopic (exact) mass is 284 g/mol. The molecule has 0 saturated carbocycles. The van der Waals surface area contributed by atoms with Gasteiger partial charge in [0.05, 0.1) is 5.92 Å². The molecule has 0 fully saturated rings. The molecule has 0 heterocycles. The molecule has 1 N–H and O–H groups in total. The Bertz CT molecular complexity index is 223. The Balaban J connectivity index is 3.29. The Morgan fingerprint density at radius 2 is 1.20 bits per heavy atom. The summed E-state index contributed by atoms with van der Waals surface area (Å²) < 4.78 is 0. The molecule has 0 saturated heterocycles. The number of hydrogen-bond donors (Lipinski definition) is 1. The minimum Gasteiger partial charge on any atom is -0.481 e. The van der Waals surface area contributed by atoms with Gasteiger partial charge in [0.15, 0.2) is 0 Å². The van der Waals surface area contributed by atoms with Crippen molar-refractivity contribution in [3.05, 3.63) is 0 Å². The summed E-state index contributed by atoms with van der Waals surface area (Å²) in [6.45, 7) is 6.28. The lowest BCUT2D eigenvalue weighted by Gasteiger charge is -2.15. The van der Waals surface area contributed by atoms with Crippen molar-refractivity contribution in [3.8, 4) is 0 Å². The molecule has 0 aromatic heterocycles. The van der Waals surface area contributed by atoms with Crippen LogP contribution in [0.15, 0.2) is 0 Å². The third-order valence-electron chi connectivity index (χ3n) is 4.24. The molecule has 20 heavy (non-hydrogen) atoms. The zero-order chi connectivity index (χ0) is 15.2. The van der Waals surface area contributed by atoms with Gasteiger partial charge in [0.25, 0.3) is 0 Å². The Labute approximate surface area is 126 Å². The standard InChI is InChI=1S/C18H36O2/c1-4-5-6-7-8-9-10-11-12-13-14-15-17(16(2)3)18(19)20/h16-17H,4-15H2,1-3H3,(H,19,20). The van der Waals surface area contributed by atoms with Crippen LogP contribution in [0.5, 0.6) is 0 Å². The van der Waals surface area contributed by atoms with Crippen molar-refractivity contribution in [2.75, 3.05) is 0 Å². The smallest absolute Gasteiger partial charge is 0.306 e. The molecule has 0 aliphatic carbocycles. The van der Waals surface area contributed by atoms with Crippen LogP contribution >= 0.6 is 0 Å². The van der Waals surface area contributed by atoms with Gasteiger partial charge in [0, 0.05) is 0 Å². The fourth-order valence-electron chi connectivity index (χ4n) is 2.77. The van der Waals surface area contributed by atoms with E-state index >= 15 is 0 Å². The van der Waals surface area contributed by atoms with Gasteiger partial charge in [-0.05, 0) is 12.3 Å². The predicted octanol–water partition coefficient (Wildman–Crippen LogP) is 6.04. The second-order valence-electron chi connectivity index (χ2n) is 6.51. The van der Waals surface area contributed by atoms with Gasteiger partial charge in [-0.3, -0.25) is 4.79 Å². The van der Waals surface area contributed by atoms with Crippen molar-refractivity contribution in [1.82, 2.24) is 0 Å². The summed E-state index contributed by atoms with van der Waals surface area (Å²) in [5.41, 5.74) is 0. The van der Waals surface area contributed by atoms with Gasteiger partial charge >= 0.3 is 5.97 Å². The molecule has 2 nitrogen and oxygen atoms in total. The molecule has 2 heteroatoms. The topological polar surface area (TPSA) is 37.3 Å². The first-order valence-corrected chi connectivity index (χ1v) is 8.82. The third-order valence-corrected chi connectivity index (χ3v) is 4.24. The van der Waals surface area contributed by atoms with Crippen LogP contribution < -0.4 is 0 Å². The summed E-state index contributed by atoms with van der Waals surface area (Å²) in [4.78, 5) is 11.1. The molecule has 120 valence electrons. The third kappa shape index (κ3) is 11.3. The van der Waals surface area contributed by atoms with E-state index in [4.69, 9.17) is 5.11 Å². The van der Waals surface area contributed by atoms with E-state index in [1.54, 1.807) is 0 Å². The Morgan fingerprint density at radius 1 is 0.800 bits per heavy atom. The van der Waals surface area contributed by atoms with E-state index in [1.807, 2.05) is 13.8 Å². The molecule has 0 bridgehead atoms. The summed E-state index contributed by atoms with van der Waals surface area (Å²) in [6, 6.07) is 0. The molecule has 0 aliphatic heterocycles. The number of carboxylic acid groups (broad SMARTS) is 1. The van der Waals surface area contributed by atoms with E-state index in [0.717, 1.165) is 12.8 Å². The zero-order valence-corrected chi connectivity index (χ0v) is 14.0. The van der Waals surface area contributed by atoms with Crippen LogP contribution in [0, 0.1) is 11.8 Å². The van der Waals surface area contributed by atoms with Crippen LogP contribution in [0.4, 0.5) is 0 Å². The second kappa shape index (κ2) is 13.5.